The van der Waals surface area contributed by atoms with E-state index < -0.39 is 17.9 Å². The molecule has 0 N–H and O–H groups in total. The molecule has 1 aliphatic rings. The average molecular weight is 254 g/mol. The minimum atomic E-state index is -0.704. The predicted molar refractivity (Wildman–Crippen MR) is 60.4 cm³/mol. The molecule has 98 valence electrons. The van der Waals surface area contributed by atoms with Gasteiger partial charge in [-0.3, -0.25) is 0 Å². The Labute approximate surface area is 104 Å². The van der Waals surface area contributed by atoms with Crippen LogP contribution < -0.4 is 0 Å². The van der Waals surface area contributed by atoms with E-state index in [1.165, 1.54) is 14.2 Å². The van der Waals surface area contributed by atoms with Crippen molar-refractivity contribution >= 4 is 17.9 Å². The third-order valence-electron chi connectivity index (χ3n) is 2.56. The third kappa shape index (κ3) is 2.97. The Morgan fingerprint density at radius 1 is 1.28 bits per heavy atom. The van der Waals surface area contributed by atoms with Crippen molar-refractivity contribution in [3.63, 3.8) is 0 Å². The molecule has 0 aliphatic carbocycles. The van der Waals surface area contributed by atoms with Crippen LogP contribution in [0.5, 0.6) is 0 Å². The Morgan fingerprint density at radius 2 is 1.94 bits per heavy atom. The molecule has 1 aliphatic heterocycles. The summed E-state index contributed by atoms with van der Waals surface area (Å²) in [6.45, 7) is 1.84. The van der Waals surface area contributed by atoms with E-state index in [0.29, 0.717) is 17.6 Å². The van der Waals surface area contributed by atoms with E-state index in [1.54, 1.807) is 6.92 Å². The smallest absolute Gasteiger partial charge is 0.338 e. The topological polar surface area (TPSA) is 78.9 Å². The summed E-state index contributed by atoms with van der Waals surface area (Å²) in [5.41, 5.74) is 0.739. The minimum absolute atomic E-state index is 0.00167. The van der Waals surface area contributed by atoms with E-state index >= 15 is 0 Å². The first-order valence-corrected chi connectivity index (χ1v) is 5.26. The van der Waals surface area contributed by atoms with E-state index in [1.807, 2.05) is 0 Å². The number of carbonyl (C=O) groups excluding carboxylic acids is 3. The van der Waals surface area contributed by atoms with Crippen LogP contribution in [0, 0.1) is 0 Å². The standard InChI is InChI=1S/C12H14O6/c1-7(8-4-5-18-12(8)15)9(11(14)17-3)6-10(13)16-2/h6H,4-5H2,1-3H3/b8-7-,9-6+. The van der Waals surface area contributed by atoms with E-state index in [9.17, 15) is 14.4 Å². The van der Waals surface area contributed by atoms with Gasteiger partial charge in [-0.15, -0.1) is 0 Å². The fourth-order valence-electron chi connectivity index (χ4n) is 1.55. The molecule has 18 heavy (non-hydrogen) atoms. The van der Waals surface area contributed by atoms with Gasteiger partial charge in [0, 0.05) is 18.1 Å². The van der Waals surface area contributed by atoms with Gasteiger partial charge in [0.1, 0.15) is 0 Å². The first-order chi connectivity index (χ1) is 8.51. The molecule has 6 nitrogen and oxygen atoms in total. The molecule has 1 heterocycles. The second kappa shape index (κ2) is 6.00. The van der Waals surface area contributed by atoms with Crippen molar-refractivity contribution in [2.75, 3.05) is 20.8 Å². The van der Waals surface area contributed by atoms with E-state index in [-0.39, 0.29) is 12.2 Å². The van der Waals surface area contributed by atoms with Crippen LogP contribution in [0.1, 0.15) is 13.3 Å². The molecule has 0 radical (unpaired) electrons. The molecule has 0 bridgehead atoms. The van der Waals surface area contributed by atoms with Crippen molar-refractivity contribution in [3.8, 4) is 0 Å². The molecular formula is C12H14O6. The number of hydrogen-bond donors (Lipinski definition) is 0. The fourth-order valence-corrected chi connectivity index (χ4v) is 1.55. The lowest BCUT2D eigenvalue weighted by Crippen LogP contribution is -2.12. The van der Waals surface area contributed by atoms with Crippen molar-refractivity contribution in [1.82, 2.24) is 0 Å². The van der Waals surface area contributed by atoms with Crippen LogP contribution in [0.4, 0.5) is 0 Å². The first-order valence-electron chi connectivity index (χ1n) is 5.26. The normalized spacial score (nSPS) is 18.2. The van der Waals surface area contributed by atoms with Gasteiger partial charge in [-0.25, -0.2) is 14.4 Å². The van der Waals surface area contributed by atoms with Gasteiger partial charge < -0.3 is 14.2 Å². The van der Waals surface area contributed by atoms with E-state index in [2.05, 4.69) is 9.47 Å². The van der Waals surface area contributed by atoms with Crippen molar-refractivity contribution in [3.05, 3.63) is 22.8 Å². The Balaban J connectivity index is 3.19. The summed E-state index contributed by atoms with van der Waals surface area (Å²) in [5, 5.41) is 0. The minimum Gasteiger partial charge on any atom is -0.466 e. The van der Waals surface area contributed by atoms with Crippen LogP contribution in [0.25, 0.3) is 0 Å². The monoisotopic (exact) mass is 254 g/mol. The molecular weight excluding hydrogens is 240 g/mol. The molecule has 0 amide bonds. The molecule has 0 atom stereocenters. The maximum absolute atomic E-state index is 11.6. The summed E-state index contributed by atoms with van der Waals surface area (Å²) in [5.74, 6) is -1.88. The van der Waals surface area contributed by atoms with Gasteiger partial charge in [-0.2, -0.15) is 0 Å². The Kier molecular flexibility index (Phi) is 4.65. The highest BCUT2D eigenvalue weighted by Gasteiger charge is 2.25. The molecule has 0 aromatic heterocycles. The second-order valence-electron chi connectivity index (χ2n) is 3.56. The van der Waals surface area contributed by atoms with Gasteiger partial charge in [0.05, 0.1) is 26.4 Å². The lowest BCUT2D eigenvalue weighted by Gasteiger charge is -2.07. The first kappa shape index (κ1) is 14.0. The number of carbonyl (C=O) groups is 3. The maximum atomic E-state index is 11.6. The average Bonchev–Trinajstić information content (AvgIpc) is 2.80. The van der Waals surface area contributed by atoms with Crippen molar-refractivity contribution in [2.24, 2.45) is 0 Å². The summed E-state index contributed by atoms with van der Waals surface area (Å²) in [6, 6.07) is 0. The van der Waals surface area contributed by atoms with Crippen LogP contribution in [0.2, 0.25) is 0 Å². The van der Waals surface area contributed by atoms with Gasteiger partial charge in [-0.05, 0) is 12.5 Å². The van der Waals surface area contributed by atoms with Crippen LogP contribution >= 0.6 is 0 Å². The molecule has 1 saturated heterocycles. The summed E-state index contributed by atoms with van der Waals surface area (Å²) in [7, 11) is 2.39. The zero-order chi connectivity index (χ0) is 13.7. The quantitative estimate of drug-likeness (QED) is 0.415. The number of cyclic esters (lactones) is 1. The summed E-state index contributed by atoms with van der Waals surface area (Å²) >= 11 is 0. The molecule has 0 unspecified atom stereocenters. The third-order valence-corrected chi connectivity index (χ3v) is 2.56. The zero-order valence-corrected chi connectivity index (χ0v) is 10.4. The number of hydrogen-bond acceptors (Lipinski definition) is 6. The molecule has 0 aromatic carbocycles. The second-order valence-corrected chi connectivity index (χ2v) is 3.56. The van der Waals surface area contributed by atoms with Crippen LogP contribution in [-0.4, -0.2) is 38.7 Å². The number of ether oxygens (including phenoxy) is 3. The predicted octanol–water partition coefficient (Wildman–Crippen LogP) is 0.522. The Bertz CT molecular complexity index is 443. The number of methoxy groups -OCH3 is 2. The lowest BCUT2D eigenvalue weighted by atomic mass is 10.00. The van der Waals surface area contributed by atoms with Gasteiger partial charge in [0.15, 0.2) is 0 Å². The Morgan fingerprint density at radius 3 is 2.39 bits per heavy atom. The van der Waals surface area contributed by atoms with Crippen molar-refractivity contribution in [2.45, 2.75) is 13.3 Å². The highest BCUT2D eigenvalue weighted by Crippen LogP contribution is 2.23. The highest BCUT2D eigenvalue weighted by molar-refractivity contribution is 6.03. The molecule has 1 rings (SSSR count). The van der Waals surface area contributed by atoms with Gasteiger partial charge in [0.25, 0.3) is 0 Å². The Hall–Kier alpha value is -2.11. The molecule has 1 fully saturated rings. The number of esters is 3. The molecule has 6 heteroatoms. The molecule has 0 spiro atoms. The summed E-state index contributed by atoms with van der Waals surface area (Å²) in [4.78, 5) is 34.2. The van der Waals surface area contributed by atoms with E-state index in [4.69, 9.17) is 4.74 Å². The van der Waals surface area contributed by atoms with Gasteiger partial charge in [0.2, 0.25) is 0 Å². The van der Waals surface area contributed by atoms with Crippen molar-refractivity contribution in [1.29, 1.82) is 0 Å². The fraction of sp³-hybridized carbons (Fsp3) is 0.417. The summed E-state index contributed by atoms with van der Waals surface area (Å²) in [6.07, 6.45) is 1.40. The SMILES string of the molecule is COC(=O)/C=C(C(=O)OC)\C(C)=C1\CCOC1=O. The van der Waals surface area contributed by atoms with Crippen LogP contribution in [0.3, 0.4) is 0 Å². The summed E-state index contributed by atoms with van der Waals surface area (Å²) < 4.78 is 13.8. The van der Waals surface area contributed by atoms with Crippen molar-refractivity contribution < 1.29 is 28.6 Å². The zero-order valence-electron chi connectivity index (χ0n) is 10.4. The van der Waals surface area contributed by atoms with Crippen LogP contribution in [0.15, 0.2) is 22.8 Å². The number of rotatable bonds is 3. The van der Waals surface area contributed by atoms with Crippen LogP contribution in [-0.2, 0) is 28.6 Å². The highest BCUT2D eigenvalue weighted by atomic mass is 16.5. The molecule has 0 saturated carbocycles. The van der Waals surface area contributed by atoms with E-state index in [0.717, 1.165) is 6.08 Å². The largest absolute Gasteiger partial charge is 0.466 e. The van der Waals surface area contributed by atoms with Gasteiger partial charge >= 0.3 is 17.9 Å². The molecule has 0 aromatic rings. The lowest BCUT2D eigenvalue weighted by molar-refractivity contribution is -0.138. The van der Waals surface area contributed by atoms with Gasteiger partial charge in [-0.1, -0.05) is 0 Å². The maximum Gasteiger partial charge on any atom is 0.338 e.